The third kappa shape index (κ3) is 2.26. The van der Waals surface area contributed by atoms with E-state index in [1.165, 1.54) is 12.8 Å². The van der Waals surface area contributed by atoms with E-state index in [1.54, 1.807) is 11.8 Å². The van der Waals surface area contributed by atoms with E-state index in [0.29, 0.717) is 12.8 Å². The van der Waals surface area contributed by atoms with Gasteiger partial charge in [0.2, 0.25) is 5.91 Å². The predicted molar refractivity (Wildman–Crippen MR) is 74.1 cm³/mol. The summed E-state index contributed by atoms with van der Waals surface area (Å²) in [4.78, 5) is 23.9. The smallest absolute Gasteiger partial charge is 0.329 e. The summed E-state index contributed by atoms with van der Waals surface area (Å²) in [7, 11) is 0. The highest BCUT2D eigenvalue weighted by Crippen LogP contribution is 2.62. The number of aliphatic carboxylic acids is 1. The molecule has 0 radical (unpaired) electrons. The molecule has 3 fully saturated rings. The van der Waals surface area contributed by atoms with Crippen molar-refractivity contribution < 1.29 is 14.7 Å². The van der Waals surface area contributed by atoms with E-state index < -0.39 is 11.5 Å². The lowest BCUT2D eigenvalue weighted by Gasteiger charge is -2.34. The minimum atomic E-state index is -0.995. The van der Waals surface area contributed by atoms with Crippen LogP contribution >= 0.6 is 11.8 Å². The molecule has 19 heavy (non-hydrogen) atoms. The second-order valence-corrected chi connectivity index (χ2v) is 7.54. The zero-order valence-corrected chi connectivity index (χ0v) is 11.9. The number of hydrogen-bond acceptors (Lipinski definition) is 3. The highest BCUT2D eigenvalue weighted by Gasteiger charge is 2.59. The SMILES string of the molecule is O=C(NC1(C(=O)O)CCSCC1)C1CC12CCCC2. The van der Waals surface area contributed by atoms with Gasteiger partial charge in [-0.1, -0.05) is 12.8 Å². The maximum atomic E-state index is 12.4. The van der Waals surface area contributed by atoms with Gasteiger partial charge in [-0.3, -0.25) is 4.79 Å². The molecule has 1 aliphatic heterocycles. The van der Waals surface area contributed by atoms with Gasteiger partial charge in [0.1, 0.15) is 5.54 Å². The fourth-order valence-electron chi connectivity index (χ4n) is 3.79. The molecule has 0 aromatic rings. The number of carbonyl (C=O) groups excluding carboxylic acids is 1. The van der Waals surface area contributed by atoms with Crippen molar-refractivity contribution in [2.45, 2.75) is 50.5 Å². The second kappa shape index (κ2) is 4.69. The molecule has 1 amide bonds. The second-order valence-electron chi connectivity index (χ2n) is 6.32. The monoisotopic (exact) mass is 283 g/mol. The molecule has 3 aliphatic rings. The van der Waals surface area contributed by atoms with Crippen LogP contribution < -0.4 is 5.32 Å². The van der Waals surface area contributed by atoms with Gasteiger partial charge in [-0.25, -0.2) is 4.79 Å². The van der Waals surface area contributed by atoms with Crippen LogP contribution in [0, 0.1) is 11.3 Å². The highest BCUT2D eigenvalue weighted by molar-refractivity contribution is 7.99. The standard InChI is InChI=1S/C14H21NO3S/c16-11(10-9-13(10)3-1-2-4-13)15-14(12(17)18)5-7-19-8-6-14/h10H,1-9H2,(H,15,16)(H,17,18). The Morgan fingerprint density at radius 1 is 1.11 bits per heavy atom. The maximum absolute atomic E-state index is 12.4. The van der Waals surface area contributed by atoms with Crippen LogP contribution in [-0.2, 0) is 9.59 Å². The molecule has 2 N–H and O–H groups in total. The van der Waals surface area contributed by atoms with Gasteiger partial charge < -0.3 is 10.4 Å². The summed E-state index contributed by atoms with van der Waals surface area (Å²) >= 11 is 1.77. The first-order valence-electron chi connectivity index (χ1n) is 7.21. The van der Waals surface area contributed by atoms with Crippen molar-refractivity contribution in [2.75, 3.05) is 11.5 Å². The number of amides is 1. The first kappa shape index (κ1) is 13.3. The Morgan fingerprint density at radius 2 is 1.74 bits per heavy atom. The number of carboxylic acid groups (broad SMARTS) is 1. The molecule has 4 nitrogen and oxygen atoms in total. The van der Waals surface area contributed by atoms with E-state index in [-0.39, 0.29) is 17.2 Å². The van der Waals surface area contributed by atoms with E-state index >= 15 is 0 Å². The summed E-state index contributed by atoms with van der Waals surface area (Å²) in [5.41, 5.74) is -0.752. The summed E-state index contributed by atoms with van der Waals surface area (Å²) in [5.74, 6) is 0.865. The van der Waals surface area contributed by atoms with Crippen molar-refractivity contribution >= 4 is 23.6 Å². The summed E-state index contributed by atoms with van der Waals surface area (Å²) in [6.07, 6.45) is 6.84. The minimum Gasteiger partial charge on any atom is -0.480 e. The lowest BCUT2D eigenvalue weighted by atomic mass is 9.91. The molecule has 1 spiro atoms. The topological polar surface area (TPSA) is 66.4 Å². The average Bonchev–Trinajstić information content (AvgIpc) is 2.89. The lowest BCUT2D eigenvalue weighted by molar-refractivity contribution is -0.148. The molecule has 1 atom stereocenters. The van der Waals surface area contributed by atoms with E-state index in [2.05, 4.69) is 5.32 Å². The van der Waals surface area contributed by atoms with E-state index in [0.717, 1.165) is 30.8 Å². The van der Waals surface area contributed by atoms with Crippen molar-refractivity contribution in [1.29, 1.82) is 0 Å². The molecule has 0 bridgehead atoms. The third-order valence-electron chi connectivity index (χ3n) is 5.22. The van der Waals surface area contributed by atoms with Gasteiger partial charge in [-0.05, 0) is 49.0 Å². The molecular weight excluding hydrogens is 262 g/mol. The van der Waals surface area contributed by atoms with Crippen LogP contribution in [0.15, 0.2) is 0 Å². The van der Waals surface area contributed by atoms with Crippen LogP contribution in [0.2, 0.25) is 0 Å². The molecule has 106 valence electrons. The van der Waals surface area contributed by atoms with Gasteiger partial charge in [0.05, 0.1) is 0 Å². The van der Waals surface area contributed by atoms with Gasteiger partial charge >= 0.3 is 5.97 Å². The van der Waals surface area contributed by atoms with E-state index in [9.17, 15) is 14.7 Å². The predicted octanol–water partition coefficient (Wildman–Crippen LogP) is 2.03. The van der Waals surface area contributed by atoms with Crippen LogP contribution in [0.4, 0.5) is 0 Å². The lowest BCUT2D eigenvalue weighted by Crippen LogP contribution is -2.57. The molecule has 5 heteroatoms. The Bertz CT molecular complexity index is 397. The largest absolute Gasteiger partial charge is 0.480 e. The number of hydrogen-bond donors (Lipinski definition) is 2. The zero-order chi connectivity index (χ0) is 13.5. The van der Waals surface area contributed by atoms with Crippen molar-refractivity contribution in [3.05, 3.63) is 0 Å². The molecule has 1 unspecified atom stereocenters. The minimum absolute atomic E-state index is 0.00352. The van der Waals surface area contributed by atoms with E-state index in [1.807, 2.05) is 0 Å². The molecule has 1 saturated heterocycles. The Kier molecular flexibility index (Phi) is 3.28. The van der Waals surface area contributed by atoms with Gasteiger partial charge in [0.25, 0.3) is 0 Å². The number of carbonyl (C=O) groups is 2. The van der Waals surface area contributed by atoms with Crippen LogP contribution in [0.1, 0.15) is 44.9 Å². The van der Waals surface area contributed by atoms with Crippen molar-refractivity contribution in [1.82, 2.24) is 5.32 Å². The van der Waals surface area contributed by atoms with Crippen LogP contribution in [0.5, 0.6) is 0 Å². The van der Waals surface area contributed by atoms with E-state index in [4.69, 9.17) is 0 Å². The number of carboxylic acids is 1. The van der Waals surface area contributed by atoms with Crippen LogP contribution in [0.3, 0.4) is 0 Å². The Morgan fingerprint density at radius 3 is 2.32 bits per heavy atom. The molecule has 1 heterocycles. The number of nitrogens with one attached hydrogen (secondary N) is 1. The first-order chi connectivity index (χ1) is 9.08. The Hall–Kier alpha value is -0.710. The fraction of sp³-hybridized carbons (Fsp3) is 0.857. The van der Waals surface area contributed by atoms with Crippen molar-refractivity contribution in [2.24, 2.45) is 11.3 Å². The van der Waals surface area contributed by atoms with Gasteiger partial charge in [0.15, 0.2) is 0 Å². The quantitative estimate of drug-likeness (QED) is 0.832. The number of rotatable bonds is 3. The van der Waals surface area contributed by atoms with Crippen molar-refractivity contribution in [3.63, 3.8) is 0 Å². The highest BCUT2D eigenvalue weighted by atomic mass is 32.2. The summed E-state index contributed by atoms with van der Waals surface area (Å²) in [5, 5.41) is 12.4. The molecule has 2 aliphatic carbocycles. The van der Waals surface area contributed by atoms with Gasteiger partial charge in [-0.2, -0.15) is 11.8 Å². The zero-order valence-electron chi connectivity index (χ0n) is 11.1. The molecule has 2 saturated carbocycles. The average molecular weight is 283 g/mol. The maximum Gasteiger partial charge on any atom is 0.329 e. The summed E-state index contributed by atoms with van der Waals surface area (Å²) in [6, 6.07) is 0. The summed E-state index contributed by atoms with van der Waals surface area (Å²) in [6.45, 7) is 0. The van der Waals surface area contributed by atoms with Crippen LogP contribution in [-0.4, -0.2) is 34.0 Å². The molecule has 0 aromatic heterocycles. The third-order valence-corrected chi connectivity index (χ3v) is 6.21. The summed E-state index contributed by atoms with van der Waals surface area (Å²) < 4.78 is 0. The number of thioether (sulfide) groups is 1. The normalized spacial score (nSPS) is 31.1. The van der Waals surface area contributed by atoms with Crippen molar-refractivity contribution in [3.8, 4) is 0 Å². The first-order valence-corrected chi connectivity index (χ1v) is 8.37. The molecule has 0 aromatic carbocycles. The van der Waals surface area contributed by atoms with Gasteiger partial charge in [0, 0.05) is 5.92 Å². The fourth-order valence-corrected chi connectivity index (χ4v) is 4.97. The molecular formula is C14H21NO3S. The Balaban J connectivity index is 1.66. The Labute approximate surface area is 117 Å². The molecule has 3 rings (SSSR count). The van der Waals surface area contributed by atoms with Crippen LogP contribution in [0.25, 0.3) is 0 Å². The van der Waals surface area contributed by atoms with Gasteiger partial charge in [-0.15, -0.1) is 0 Å².